The van der Waals surface area contributed by atoms with Crippen LogP contribution in [0.25, 0.3) is 10.2 Å². The fraction of sp³-hybridized carbons (Fsp3) is 0.500. The number of fused-ring (bicyclic) bond motifs is 5. The van der Waals surface area contributed by atoms with Crippen molar-refractivity contribution in [3.63, 3.8) is 0 Å². The molecule has 0 aromatic carbocycles. The maximum absolute atomic E-state index is 12.5. The Bertz CT molecular complexity index is 758. The molecule has 3 aliphatic heterocycles. The van der Waals surface area contributed by atoms with Gasteiger partial charge < -0.3 is 15.2 Å². The molecule has 6 heteroatoms. The third-order valence-electron chi connectivity index (χ3n) is 5.01. The molecule has 5 rings (SSSR count). The zero-order valence-corrected chi connectivity index (χ0v) is 13.1. The molecule has 2 aromatic rings. The molecule has 1 atom stereocenters. The van der Waals surface area contributed by atoms with Crippen molar-refractivity contribution < 1.29 is 4.79 Å². The maximum atomic E-state index is 12.5. The largest absolute Gasteiger partial charge is 0.359 e. The van der Waals surface area contributed by atoms with Gasteiger partial charge in [0.2, 0.25) is 5.43 Å². The number of thiophene rings is 1. The minimum Gasteiger partial charge on any atom is -0.359 e. The summed E-state index contributed by atoms with van der Waals surface area (Å²) < 4.78 is 0.626. The summed E-state index contributed by atoms with van der Waals surface area (Å²) in [5.74, 6) is 0.314. The van der Waals surface area contributed by atoms with Crippen molar-refractivity contribution in [1.29, 1.82) is 0 Å². The molecule has 0 aliphatic carbocycles. The highest BCUT2D eigenvalue weighted by Crippen LogP contribution is 2.27. The normalized spacial score (nSPS) is 27.7. The van der Waals surface area contributed by atoms with Crippen molar-refractivity contribution in [3.05, 3.63) is 33.4 Å². The Hall–Kier alpha value is -1.66. The van der Waals surface area contributed by atoms with Crippen LogP contribution in [0, 0.1) is 5.92 Å². The second kappa shape index (κ2) is 5.52. The highest BCUT2D eigenvalue weighted by Gasteiger charge is 2.32. The average molecular weight is 317 g/mol. The van der Waals surface area contributed by atoms with E-state index in [1.54, 1.807) is 6.20 Å². The van der Waals surface area contributed by atoms with Crippen molar-refractivity contribution in [2.45, 2.75) is 25.3 Å². The lowest BCUT2D eigenvalue weighted by Crippen LogP contribution is -2.42. The summed E-state index contributed by atoms with van der Waals surface area (Å²) >= 11 is 1.38. The Morgan fingerprint density at radius 3 is 2.86 bits per heavy atom. The summed E-state index contributed by atoms with van der Waals surface area (Å²) in [6.45, 7) is 3.32. The van der Waals surface area contributed by atoms with E-state index in [0.29, 0.717) is 10.6 Å². The average Bonchev–Trinajstić information content (AvgIpc) is 2.86. The minimum atomic E-state index is -0.234. The van der Waals surface area contributed by atoms with Gasteiger partial charge in [-0.05, 0) is 49.7 Å². The molecule has 116 valence electrons. The number of carbonyl (C=O) groups is 1. The van der Waals surface area contributed by atoms with Crippen molar-refractivity contribution >= 4 is 27.5 Å². The molecule has 3 saturated heterocycles. The van der Waals surface area contributed by atoms with Crippen LogP contribution in [-0.2, 0) is 0 Å². The van der Waals surface area contributed by atoms with Gasteiger partial charge in [0.1, 0.15) is 5.56 Å². The van der Waals surface area contributed by atoms with Gasteiger partial charge in [0.25, 0.3) is 5.91 Å². The van der Waals surface area contributed by atoms with Crippen molar-refractivity contribution in [2.24, 2.45) is 5.92 Å². The molecule has 3 aliphatic rings. The fourth-order valence-electron chi connectivity index (χ4n) is 3.68. The number of H-pyrrole nitrogens is 1. The van der Waals surface area contributed by atoms with E-state index in [2.05, 4.69) is 15.2 Å². The van der Waals surface area contributed by atoms with E-state index in [1.165, 1.54) is 11.3 Å². The van der Waals surface area contributed by atoms with Crippen LogP contribution in [0.2, 0.25) is 0 Å². The zero-order valence-electron chi connectivity index (χ0n) is 12.3. The monoisotopic (exact) mass is 317 g/mol. The molecule has 0 radical (unpaired) electrons. The molecule has 2 bridgehead atoms. The SMILES string of the molecule is O=C(NC1CCN2CCC1CC2)c1c[nH]c2ccsc2c1=O. The van der Waals surface area contributed by atoms with E-state index in [4.69, 9.17) is 0 Å². The lowest BCUT2D eigenvalue weighted by molar-refractivity contribution is 0.0916. The summed E-state index contributed by atoms with van der Waals surface area (Å²) in [6, 6.07) is 2.06. The second-order valence-electron chi connectivity index (χ2n) is 6.24. The van der Waals surface area contributed by atoms with Crippen LogP contribution in [0.5, 0.6) is 0 Å². The number of piperidine rings is 1. The van der Waals surface area contributed by atoms with Gasteiger partial charge in [0.15, 0.2) is 0 Å². The quantitative estimate of drug-likeness (QED) is 0.888. The first-order chi connectivity index (χ1) is 10.7. The Labute approximate surface area is 132 Å². The van der Waals surface area contributed by atoms with E-state index in [-0.39, 0.29) is 22.9 Å². The highest BCUT2D eigenvalue weighted by molar-refractivity contribution is 7.17. The summed E-state index contributed by atoms with van der Waals surface area (Å²) in [4.78, 5) is 30.5. The number of hydrogen-bond acceptors (Lipinski definition) is 4. The van der Waals surface area contributed by atoms with Crippen LogP contribution < -0.4 is 10.7 Å². The molecule has 1 unspecified atom stereocenters. The van der Waals surface area contributed by atoms with Crippen LogP contribution in [0.3, 0.4) is 0 Å². The van der Waals surface area contributed by atoms with Gasteiger partial charge >= 0.3 is 0 Å². The van der Waals surface area contributed by atoms with E-state index >= 15 is 0 Å². The first kappa shape index (κ1) is 14.0. The van der Waals surface area contributed by atoms with Crippen LogP contribution in [-0.4, -0.2) is 41.5 Å². The van der Waals surface area contributed by atoms with E-state index in [1.807, 2.05) is 11.4 Å². The number of aromatic nitrogens is 1. The molecule has 1 amide bonds. The molecule has 5 heterocycles. The Morgan fingerprint density at radius 1 is 1.27 bits per heavy atom. The molecule has 2 N–H and O–H groups in total. The van der Waals surface area contributed by atoms with Crippen molar-refractivity contribution in [1.82, 2.24) is 15.2 Å². The topological polar surface area (TPSA) is 65.2 Å². The minimum absolute atomic E-state index is 0.164. The Balaban J connectivity index is 1.58. The first-order valence-electron chi connectivity index (χ1n) is 7.84. The third kappa shape index (κ3) is 2.36. The predicted molar refractivity (Wildman–Crippen MR) is 87.5 cm³/mol. The van der Waals surface area contributed by atoms with Gasteiger partial charge in [-0.1, -0.05) is 0 Å². The number of aromatic amines is 1. The van der Waals surface area contributed by atoms with Crippen LogP contribution in [0.15, 0.2) is 22.4 Å². The van der Waals surface area contributed by atoms with Crippen LogP contribution >= 0.6 is 11.3 Å². The summed E-state index contributed by atoms with van der Waals surface area (Å²) in [7, 11) is 0. The predicted octanol–water partition coefficient (Wildman–Crippen LogP) is 1.80. The molecule has 0 saturated carbocycles. The standard InChI is InChI=1S/C16H19N3O2S/c20-14-11(9-17-13-4-8-22-15(13)14)16(21)18-12-3-7-19-5-1-10(12)2-6-19/h4,8-10,12H,1-3,5-7H2,(H,17,20)(H,18,21). The number of carbonyl (C=O) groups excluding carboxylic acids is 1. The van der Waals surface area contributed by atoms with E-state index < -0.39 is 0 Å². The second-order valence-corrected chi connectivity index (χ2v) is 7.16. The molecule has 0 spiro atoms. The first-order valence-corrected chi connectivity index (χ1v) is 8.72. The van der Waals surface area contributed by atoms with Gasteiger partial charge in [-0.25, -0.2) is 0 Å². The number of amides is 1. The number of rotatable bonds is 2. The van der Waals surface area contributed by atoms with Gasteiger partial charge in [0, 0.05) is 18.8 Å². The smallest absolute Gasteiger partial charge is 0.257 e. The Morgan fingerprint density at radius 2 is 2.05 bits per heavy atom. The van der Waals surface area contributed by atoms with E-state index in [9.17, 15) is 9.59 Å². The lowest BCUT2D eigenvalue weighted by atomic mass is 9.90. The lowest BCUT2D eigenvalue weighted by Gasteiger charge is -2.29. The number of hydrogen-bond donors (Lipinski definition) is 2. The zero-order chi connectivity index (χ0) is 15.1. The molecular weight excluding hydrogens is 298 g/mol. The number of nitrogens with one attached hydrogen (secondary N) is 2. The fourth-order valence-corrected chi connectivity index (χ4v) is 4.49. The molecule has 2 aromatic heterocycles. The molecule has 5 nitrogen and oxygen atoms in total. The number of nitrogens with zero attached hydrogens (tertiary/aromatic N) is 1. The van der Waals surface area contributed by atoms with E-state index in [0.717, 1.165) is 44.4 Å². The number of pyridine rings is 1. The van der Waals surface area contributed by atoms with Crippen LogP contribution in [0.4, 0.5) is 0 Å². The van der Waals surface area contributed by atoms with Gasteiger partial charge in [-0.15, -0.1) is 11.3 Å². The highest BCUT2D eigenvalue weighted by atomic mass is 32.1. The van der Waals surface area contributed by atoms with Gasteiger partial charge in [-0.2, -0.15) is 0 Å². The maximum Gasteiger partial charge on any atom is 0.257 e. The van der Waals surface area contributed by atoms with Gasteiger partial charge in [0.05, 0.1) is 10.2 Å². The molecule has 3 fully saturated rings. The summed E-state index contributed by atoms with van der Waals surface area (Å²) in [5.41, 5.74) is 0.865. The molecule has 22 heavy (non-hydrogen) atoms. The third-order valence-corrected chi connectivity index (χ3v) is 5.92. The Kier molecular flexibility index (Phi) is 3.50. The molecular formula is C16H19N3O2S. The summed E-state index contributed by atoms with van der Waals surface area (Å²) in [5, 5.41) is 4.98. The van der Waals surface area contributed by atoms with Crippen molar-refractivity contribution in [3.8, 4) is 0 Å². The van der Waals surface area contributed by atoms with Gasteiger partial charge in [-0.3, -0.25) is 9.59 Å². The van der Waals surface area contributed by atoms with Crippen LogP contribution in [0.1, 0.15) is 29.6 Å². The summed E-state index contributed by atoms with van der Waals surface area (Å²) in [6.07, 6.45) is 4.82. The van der Waals surface area contributed by atoms with Crippen molar-refractivity contribution in [2.75, 3.05) is 19.6 Å².